The summed E-state index contributed by atoms with van der Waals surface area (Å²) < 4.78 is 17.2. The van der Waals surface area contributed by atoms with Crippen LogP contribution in [0.4, 0.5) is 0 Å². The van der Waals surface area contributed by atoms with Gasteiger partial charge in [-0.05, 0) is 44.9 Å². The van der Waals surface area contributed by atoms with Crippen LogP contribution in [0.2, 0.25) is 0 Å². The Morgan fingerprint density at radius 1 is 0.585 bits per heavy atom. The molecule has 0 aromatic carbocycles. The second-order valence-electron chi connectivity index (χ2n) is 14.9. The van der Waals surface area contributed by atoms with Gasteiger partial charge >= 0.3 is 17.9 Å². The summed E-state index contributed by atoms with van der Waals surface area (Å²) in [5.41, 5.74) is 0. The molecule has 0 spiro atoms. The van der Waals surface area contributed by atoms with E-state index >= 15 is 0 Å². The van der Waals surface area contributed by atoms with Gasteiger partial charge in [-0.15, -0.1) is 0 Å². The summed E-state index contributed by atoms with van der Waals surface area (Å²) in [7, 11) is 5.50. The van der Waals surface area contributed by atoms with E-state index in [1.807, 2.05) is 33.3 Å². The summed E-state index contributed by atoms with van der Waals surface area (Å²) in [5.74, 6) is -1.58. The maximum Gasteiger partial charge on any atom is 0.362 e. The first kappa shape index (κ1) is 50.0. The van der Waals surface area contributed by atoms with Crippen molar-refractivity contribution in [1.29, 1.82) is 0 Å². The first-order valence-corrected chi connectivity index (χ1v) is 20.8. The van der Waals surface area contributed by atoms with Crippen LogP contribution in [0.25, 0.3) is 0 Å². The first-order valence-electron chi connectivity index (χ1n) is 20.8. The Morgan fingerprint density at radius 3 is 1.53 bits per heavy atom. The van der Waals surface area contributed by atoms with Crippen LogP contribution in [0.5, 0.6) is 0 Å². The van der Waals surface area contributed by atoms with Crippen LogP contribution in [0.15, 0.2) is 60.8 Å². The third-order valence-corrected chi connectivity index (χ3v) is 8.95. The number of likely N-dealkylation sites (N-methyl/N-ethyl adjacent to an activating group) is 1. The van der Waals surface area contributed by atoms with Gasteiger partial charge in [0.2, 0.25) is 0 Å². The van der Waals surface area contributed by atoms with Crippen molar-refractivity contribution in [2.45, 2.75) is 167 Å². The topological polar surface area (TPSA) is 99.1 Å². The Morgan fingerprint density at radius 2 is 1.06 bits per heavy atom. The smallest absolute Gasteiger partial charge is 0.362 e. The van der Waals surface area contributed by atoms with Gasteiger partial charge in [-0.25, -0.2) is 4.79 Å². The van der Waals surface area contributed by atoms with Crippen LogP contribution in [0, 0.1) is 0 Å². The molecule has 0 saturated heterocycles. The van der Waals surface area contributed by atoms with E-state index in [9.17, 15) is 19.5 Å². The molecule has 0 aliphatic rings. The zero-order valence-electron chi connectivity index (χ0n) is 34.4. The lowest BCUT2D eigenvalue weighted by Crippen LogP contribution is -2.50. The number of hydrogen-bond donors (Lipinski definition) is 1. The van der Waals surface area contributed by atoms with E-state index in [0.29, 0.717) is 19.3 Å². The fourth-order valence-electron chi connectivity index (χ4n) is 5.73. The molecule has 1 N–H and O–H groups in total. The van der Waals surface area contributed by atoms with E-state index in [0.717, 1.165) is 51.4 Å². The Hall–Kier alpha value is -2.97. The number of carboxylic acids is 1. The highest BCUT2D eigenvalue weighted by Gasteiger charge is 2.31. The minimum Gasteiger partial charge on any atom is -0.477 e. The Kier molecular flexibility index (Phi) is 34.0. The van der Waals surface area contributed by atoms with Crippen LogP contribution in [-0.4, -0.2) is 80.6 Å². The minimum absolute atomic E-state index is 0.0376. The van der Waals surface area contributed by atoms with Crippen LogP contribution < -0.4 is 0 Å². The lowest BCUT2D eigenvalue weighted by molar-refractivity contribution is -0.887. The summed E-state index contributed by atoms with van der Waals surface area (Å²) in [6, 6.07) is -0.625. The van der Waals surface area contributed by atoms with E-state index in [4.69, 9.17) is 14.2 Å². The van der Waals surface area contributed by atoms with Gasteiger partial charge in [0.1, 0.15) is 6.61 Å². The van der Waals surface area contributed by atoms with Crippen molar-refractivity contribution in [3.63, 3.8) is 0 Å². The molecule has 0 aliphatic heterocycles. The van der Waals surface area contributed by atoms with E-state index in [2.05, 4.69) is 62.5 Å². The third-order valence-electron chi connectivity index (χ3n) is 8.95. The van der Waals surface area contributed by atoms with E-state index in [1.54, 1.807) is 0 Å². The van der Waals surface area contributed by atoms with Crippen molar-refractivity contribution in [1.82, 2.24) is 0 Å². The molecular weight excluding hydrogens is 666 g/mol. The summed E-state index contributed by atoms with van der Waals surface area (Å²) in [5, 5.41) is 9.60. The lowest BCUT2D eigenvalue weighted by atomic mass is 10.0. The number of carbonyl (C=O) groups excluding carboxylic acids is 2. The zero-order chi connectivity index (χ0) is 39.3. The Labute approximate surface area is 324 Å². The maximum absolute atomic E-state index is 12.7. The number of unbranched alkanes of at least 4 members (excludes halogenated alkanes) is 12. The van der Waals surface area contributed by atoms with Gasteiger partial charge in [-0.3, -0.25) is 9.59 Å². The molecule has 0 aromatic rings. The number of nitrogens with zero attached hydrogens (tertiary/aromatic N) is 1. The normalized spacial score (nSPS) is 13.6. The number of quaternary nitrogens is 1. The fraction of sp³-hybridized carbons (Fsp3) is 0.711. The lowest BCUT2D eigenvalue weighted by Gasteiger charge is -2.31. The molecular formula is C45H78NO7+. The summed E-state index contributed by atoms with van der Waals surface area (Å²) in [4.78, 5) is 36.8. The predicted octanol–water partition coefficient (Wildman–Crippen LogP) is 11.0. The Balaban J connectivity index is 4.50. The van der Waals surface area contributed by atoms with Crippen LogP contribution in [0.3, 0.4) is 0 Å². The van der Waals surface area contributed by atoms with E-state index < -0.39 is 18.1 Å². The average molecular weight is 745 g/mol. The van der Waals surface area contributed by atoms with Crippen molar-refractivity contribution in [2.24, 2.45) is 0 Å². The molecule has 304 valence electrons. The van der Waals surface area contributed by atoms with Gasteiger partial charge in [-0.1, -0.05) is 152 Å². The molecule has 0 bridgehead atoms. The zero-order valence-corrected chi connectivity index (χ0v) is 34.4. The standard InChI is InChI=1S/C45H77NO7/c1-6-8-10-12-14-16-18-20-21-22-24-25-27-29-31-33-35-43(47)52-40-41(39-51-38-37-42(45(49)50)46(3,4)5)53-44(48)36-34-32-30-28-26-23-19-17-15-13-11-9-7-2/h8,10,14,16,20-21,24-25,29,31,41-42H,6-7,9,11-13,15,17-19,22-23,26-28,30,32-40H2,1-5H3/p+1/b10-8+,16-14+,21-20+,25-24+,31-29+. The second kappa shape index (κ2) is 36.0. The molecule has 8 nitrogen and oxygen atoms in total. The fourth-order valence-corrected chi connectivity index (χ4v) is 5.73. The molecule has 0 fully saturated rings. The molecule has 0 radical (unpaired) electrons. The number of hydrogen-bond acceptors (Lipinski definition) is 6. The van der Waals surface area contributed by atoms with Crippen LogP contribution in [0.1, 0.15) is 155 Å². The molecule has 0 aromatic heterocycles. The molecule has 8 heteroatoms. The first-order chi connectivity index (χ1) is 25.6. The van der Waals surface area contributed by atoms with Gasteiger partial charge in [0, 0.05) is 19.3 Å². The largest absolute Gasteiger partial charge is 0.477 e. The molecule has 0 heterocycles. The average Bonchev–Trinajstić information content (AvgIpc) is 3.11. The Bertz CT molecular complexity index is 1050. The van der Waals surface area contributed by atoms with Crippen molar-refractivity contribution in [2.75, 3.05) is 41.0 Å². The van der Waals surface area contributed by atoms with Gasteiger partial charge < -0.3 is 23.8 Å². The highest BCUT2D eigenvalue weighted by atomic mass is 16.6. The van der Waals surface area contributed by atoms with Gasteiger partial charge in [0.25, 0.3) is 0 Å². The van der Waals surface area contributed by atoms with Crippen molar-refractivity contribution < 1.29 is 38.2 Å². The number of ether oxygens (including phenoxy) is 3. The number of carbonyl (C=O) groups is 3. The number of allylic oxidation sites excluding steroid dienone is 10. The van der Waals surface area contributed by atoms with E-state index in [-0.39, 0.29) is 42.7 Å². The summed E-state index contributed by atoms with van der Waals surface area (Å²) >= 11 is 0. The molecule has 0 saturated carbocycles. The number of rotatable bonds is 36. The third kappa shape index (κ3) is 34.5. The predicted molar refractivity (Wildman–Crippen MR) is 220 cm³/mol. The van der Waals surface area contributed by atoms with Gasteiger partial charge in [0.15, 0.2) is 12.1 Å². The summed E-state index contributed by atoms with van der Waals surface area (Å²) in [6.07, 6.45) is 42.7. The monoisotopic (exact) mass is 745 g/mol. The maximum atomic E-state index is 12.7. The van der Waals surface area contributed by atoms with Crippen molar-refractivity contribution in [3.8, 4) is 0 Å². The second-order valence-corrected chi connectivity index (χ2v) is 14.9. The highest BCUT2D eigenvalue weighted by Crippen LogP contribution is 2.14. The number of carboxylic acid groups (broad SMARTS) is 1. The molecule has 2 unspecified atom stereocenters. The van der Waals surface area contributed by atoms with E-state index in [1.165, 1.54) is 64.2 Å². The quantitative estimate of drug-likeness (QED) is 0.0295. The molecule has 0 rings (SSSR count). The number of esters is 2. The minimum atomic E-state index is -0.886. The van der Waals surface area contributed by atoms with Crippen LogP contribution >= 0.6 is 0 Å². The van der Waals surface area contributed by atoms with Crippen LogP contribution in [-0.2, 0) is 28.6 Å². The van der Waals surface area contributed by atoms with Crippen molar-refractivity contribution in [3.05, 3.63) is 60.8 Å². The number of aliphatic carboxylic acids is 1. The van der Waals surface area contributed by atoms with Gasteiger partial charge in [0.05, 0.1) is 34.4 Å². The molecule has 2 atom stereocenters. The molecule has 0 amide bonds. The summed E-state index contributed by atoms with van der Waals surface area (Å²) in [6.45, 7) is 4.53. The molecule has 0 aliphatic carbocycles. The molecule has 53 heavy (non-hydrogen) atoms. The van der Waals surface area contributed by atoms with Gasteiger partial charge in [-0.2, -0.15) is 0 Å². The SMILES string of the molecule is CC/C=C/C/C=C/C/C=C/C/C=C/C/C=C/CCC(=O)OCC(COCCC(C(=O)O)[N+](C)(C)C)OC(=O)CCCCCCCCCCCCCCC. The highest BCUT2D eigenvalue weighted by molar-refractivity contribution is 5.72. The van der Waals surface area contributed by atoms with Crippen molar-refractivity contribution >= 4 is 17.9 Å².